The summed E-state index contributed by atoms with van der Waals surface area (Å²) < 4.78 is 0. The summed E-state index contributed by atoms with van der Waals surface area (Å²) >= 11 is 5.79. The predicted octanol–water partition coefficient (Wildman–Crippen LogP) is 1.04. The Hall–Kier alpha value is -1.86. The number of carbonyl (C=O) groups is 1. The van der Waals surface area contributed by atoms with Crippen LogP contribution in [-0.4, -0.2) is 40.0 Å². The average molecular weight is 286 g/mol. The molecular weight excluding hydrogens is 274 g/mol. The van der Waals surface area contributed by atoms with Crippen LogP contribution in [0.1, 0.15) is 16.8 Å². The number of β-amino-alcohol motifs (C(OH)–C–C–N with tert-alkyl or cyclic N) is 1. The number of carbonyl (C=O) groups excluding carboxylic acids is 1. The van der Waals surface area contributed by atoms with Crippen LogP contribution in [0.15, 0.2) is 12.1 Å². The van der Waals surface area contributed by atoms with Crippen molar-refractivity contribution in [2.75, 3.05) is 18.8 Å². The molecule has 1 atom stereocenters. The third-order valence-corrected chi connectivity index (χ3v) is 3.32. The van der Waals surface area contributed by atoms with Gasteiger partial charge in [-0.1, -0.05) is 11.6 Å². The summed E-state index contributed by atoms with van der Waals surface area (Å²) in [4.78, 5) is 23.7. The molecule has 1 amide bonds. The molecule has 1 aromatic carbocycles. The number of anilines is 1. The predicted molar refractivity (Wildman–Crippen MR) is 69.0 cm³/mol. The monoisotopic (exact) mass is 285 g/mol. The van der Waals surface area contributed by atoms with Gasteiger partial charge in [0.2, 0.25) is 0 Å². The number of halogens is 1. The second-order valence-electron chi connectivity index (χ2n) is 4.34. The number of likely N-dealkylation sites (tertiary alicyclic amines) is 1. The molecule has 3 N–H and O–H groups in total. The molecule has 1 unspecified atom stereocenters. The molecule has 0 aliphatic carbocycles. The molecule has 0 spiro atoms. The Labute approximate surface area is 113 Å². The fourth-order valence-corrected chi connectivity index (χ4v) is 2.20. The summed E-state index contributed by atoms with van der Waals surface area (Å²) in [6.45, 7) is 0.582. The van der Waals surface area contributed by atoms with Gasteiger partial charge < -0.3 is 15.7 Å². The fraction of sp³-hybridized carbons (Fsp3) is 0.364. The van der Waals surface area contributed by atoms with Crippen molar-refractivity contribution >= 4 is 28.9 Å². The first-order valence-corrected chi connectivity index (χ1v) is 5.98. The van der Waals surface area contributed by atoms with Crippen LogP contribution in [-0.2, 0) is 0 Å². The highest BCUT2D eigenvalue weighted by molar-refractivity contribution is 6.34. The van der Waals surface area contributed by atoms with Crippen LogP contribution < -0.4 is 5.73 Å². The lowest BCUT2D eigenvalue weighted by molar-refractivity contribution is -0.384. The minimum Gasteiger partial charge on any atom is -0.397 e. The van der Waals surface area contributed by atoms with Crippen molar-refractivity contribution in [3.63, 3.8) is 0 Å². The van der Waals surface area contributed by atoms with Crippen molar-refractivity contribution in [2.24, 2.45) is 0 Å². The Morgan fingerprint density at radius 3 is 2.79 bits per heavy atom. The van der Waals surface area contributed by atoms with E-state index in [4.69, 9.17) is 17.3 Å². The Balaban J connectivity index is 2.38. The normalized spacial score (nSPS) is 18.6. The molecule has 1 aliphatic heterocycles. The first-order chi connectivity index (χ1) is 8.90. The number of aliphatic hydroxyl groups excluding tert-OH is 1. The molecule has 0 aromatic heterocycles. The van der Waals surface area contributed by atoms with Gasteiger partial charge in [-0.25, -0.2) is 0 Å². The van der Waals surface area contributed by atoms with E-state index < -0.39 is 16.9 Å². The summed E-state index contributed by atoms with van der Waals surface area (Å²) in [5.74, 6) is -0.459. The number of hydrogen-bond donors (Lipinski definition) is 2. The maximum Gasteiger partial charge on any atom is 0.271 e. The van der Waals surface area contributed by atoms with Crippen LogP contribution in [0.3, 0.4) is 0 Å². The minimum atomic E-state index is -0.638. The molecule has 1 fully saturated rings. The summed E-state index contributed by atoms with van der Waals surface area (Å²) in [7, 11) is 0. The largest absolute Gasteiger partial charge is 0.397 e. The topological polar surface area (TPSA) is 110 Å². The van der Waals surface area contributed by atoms with Crippen molar-refractivity contribution in [3.8, 4) is 0 Å². The zero-order valence-electron chi connectivity index (χ0n) is 9.88. The van der Waals surface area contributed by atoms with E-state index >= 15 is 0 Å². The van der Waals surface area contributed by atoms with Crippen molar-refractivity contribution in [1.82, 2.24) is 4.90 Å². The molecule has 1 heterocycles. The molecule has 1 aromatic rings. The fourth-order valence-electron chi connectivity index (χ4n) is 1.98. The smallest absolute Gasteiger partial charge is 0.271 e. The van der Waals surface area contributed by atoms with Crippen LogP contribution in [0, 0.1) is 10.1 Å². The van der Waals surface area contributed by atoms with E-state index in [2.05, 4.69) is 0 Å². The maximum absolute atomic E-state index is 12.2. The molecular formula is C11H12ClN3O4. The zero-order valence-corrected chi connectivity index (χ0v) is 10.6. The number of nitrogens with two attached hydrogens (primary N) is 1. The first kappa shape index (κ1) is 13.6. The number of amides is 1. The number of nitrogen functional groups attached to an aromatic ring is 1. The standard InChI is InChI=1S/C11H12ClN3O4/c12-9-4-6(15(18)19)3-8(10(9)13)11(17)14-2-1-7(16)5-14/h3-4,7,16H,1-2,5,13H2. The molecule has 102 valence electrons. The summed E-state index contributed by atoms with van der Waals surface area (Å²) in [6, 6.07) is 2.21. The average Bonchev–Trinajstić information content (AvgIpc) is 2.78. The van der Waals surface area contributed by atoms with E-state index in [1.54, 1.807) is 0 Å². The number of benzene rings is 1. The maximum atomic E-state index is 12.2. The van der Waals surface area contributed by atoms with Gasteiger partial charge in [0.25, 0.3) is 11.6 Å². The lowest BCUT2D eigenvalue weighted by Gasteiger charge is -2.17. The molecule has 0 saturated carbocycles. The lowest BCUT2D eigenvalue weighted by Crippen LogP contribution is -2.30. The molecule has 0 bridgehead atoms. The number of nitro groups is 1. The van der Waals surface area contributed by atoms with Gasteiger partial charge in [-0.05, 0) is 6.42 Å². The molecule has 8 heteroatoms. The quantitative estimate of drug-likeness (QED) is 0.479. The highest BCUT2D eigenvalue weighted by atomic mass is 35.5. The van der Waals surface area contributed by atoms with E-state index in [-0.39, 0.29) is 28.5 Å². The molecule has 2 rings (SSSR count). The SMILES string of the molecule is Nc1c(Cl)cc([N+](=O)[O-])cc1C(=O)N1CCC(O)C1. The van der Waals surface area contributed by atoms with Crippen molar-refractivity contribution in [2.45, 2.75) is 12.5 Å². The van der Waals surface area contributed by atoms with Gasteiger partial charge in [0, 0.05) is 25.2 Å². The molecule has 0 radical (unpaired) electrons. The minimum absolute atomic E-state index is 0.00620. The molecule has 1 saturated heterocycles. The highest BCUT2D eigenvalue weighted by Crippen LogP contribution is 2.30. The van der Waals surface area contributed by atoms with E-state index in [0.717, 1.165) is 12.1 Å². The number of aliphatic hydroxyl groups is 1. The van der Waals surface area contributed by atoms with Gasteiger partial charge in [-0.2, -0.15) is 0 Å². The van der Waals surface area contributed by atoms with Gasteiger partial charge >= 0.3 is 0 Å². The van der Waals surface area contributed by atoms with E-state index in [9.17, 15) is 20.0 Å². The van der Waals surface area contributed by atoms with Gasteiger partial charge in [0.05, 0.1) is 27.3 Å². The van der Waals surface area contributed by atoms with Crippen LogP contribution >= 0.6 is 11.6 Å². The Bertz CT molecular complexity index is 549. The van der Waals surface area contributed by atoms with Gasteiger partial charge in [-0.15, -0.1) is 0 Å². The Kier molecular flexibility index (Phi) is 3.59. The summed E-state index contributed by atoms with van der Waals surface area (Å²) in [5.41, 5.74) is 5.41. The number of nitrogens with zero attached hydrogens (tertiary/aromatic N) is 2. The van der Waals surface area contributed by atoms with Crippen LogP contribution in [0.4, 0.5) is 11.4 Å². The van der Waals surface area contributed by atoms with Gasteiger partial charge in [0.1, 0.15) is 0 Å². The lowest BCUT2D eigenvalue weighted by atomic mass is 10.1. The molecule has 19 heavy (non-hydrogen) atoms. The molecule has 1 aliphatic rings. The van der Waals surface area contributed by atoms with E-state index in [0.29, 0.717) is 13.0 Å². The number of hydrogen-bond acceptors (Lipinski definition) is 5. The first-order valence-electron chi connectivity index (χ1n) is 5.61. The van der Waals surface area contributed by atoms with Crippen molar-refractivity contribution < 1.29 is 14.8 Å². The number of nitro benzene ring substituents is 1. The van der Waals surface area contributed by atoms with Crippen LogP contribution in [0.5, 0.6) is 0 Å². The third-order valence-electron chi connectivity index (χ3n) is 3.01. The van der Waals surface area contributed by atoms with Gasteiger partial charge in [0.15, 0.2) is 0 Å². The third kappa shape index (κ3) is 2.61. The van der Waals surface area contributed by atoms with Crippen LogP contribution in [0.25, 0.3) is 0 Å². The Morgan fingerprint density at radius 1 is 1.58 bits per heavy atom. The number of rotatable bonds is 2. The summed E-state index contributed by atoms with van der Waals surface area (Å²) in [5, 5.41) is 20.1. The van der Waals surface area contributed by atoms with E-state index in [1.807, 2.05) is 0 Å². The second kappa shape index (κ2) is 5.02. The van der Waals surface area contributed by atoms with Gasteiger partial charge in [-0.3, -0.25) is 14.9 Å². The van der Waals surface area contributed by atoms with Crippen molar-refractivity contribution in [3.05, 3.63) is 32.8 Å². The summed E-state index contributed by atoms with van der Waals surface area (Å²) in [6.07, 6.45) is -0.0896. The second-order valence-corrected chi connectivity index (χ2v) is 4.75. The highest BCUT2D eigenvalue weighted by Gasteiger charge is 2.28. The molecule has 7 nitrogen and oxygen atoms in total. The zero-order chi connectivity index (χ0) is 14.2. The number of non-ortho nitro benzene ring substituents is 1. The Morgan fingerprint density at radius 2 is 2.26 bits per heavy atom. The van der Waals surface area contributed by atoms with Crippen LogP contribution in [0.2, 0.25) is 5.02 Å². The van der Waals surface area contributed by atoms with Crippen molar-refractivity contribution in [1.29, 1.82) is 0 Å². The van der Waals surface area contributed by atoms with E-state index in [1.165, 1.54) is 4.90 Å².